The van der Waals surface area contributed by atoms with E-state index in [1.54, 1.807) is 31.3 Å². The van der Waals surface area contributed by atoms with E-state index >= 15 is 0 Å². The van der Waals surface area contributed by atoms with Crippen LogP contribution in [0.5, 0.6) is 0 Å². The van der Waals surface area contributed by atoms with Gasteiger partial charge in [0.1, 0.15) is 10.3 Å². The Balaban J connectivity index is 2.05. The van der Waals surface area contributed by atoms with Crippen molar-refractivity contribution < 1.29 is 9.59 Å². The van der Waals surface area contributed by atoms with Crippen molar-refractivity contribution in [3.8, 4) is 5.82 Å². The summed E-state index contributed by atoms with van der Waals surface area (Å²) in [6.45, 7) is 1.75. The number of hydrogen-bond acceptors (Lipinski definition) is 5. The van der Waals surface area contributed by atoms with Crippen LogP contribution in [0.4, 0.5) is 11.4 Å². The first-order valence-electron chi connectivity index (χ1n) is 8.11. The maximum absolute atomic E-state index is 13.0. The molecule has 2 amide bonds. The third-order valence-corrected chi connectivity index (χ3v) is 4.60. The van der Waals surface area contributed by atoms with E-state index < -0.39 is 5.91 Å². The fourth-order valence-corrected chi connectivity index (χ4v) is 3.26. The molecule has 1 aromatic carbocycles. The Labute approximate surface area is 174 Å². The molecule has 144 valence electrons. The molecular weight excluding hydrogens is 448 g/mol. The van der Waals surface area contributed by atoms with Gasteiger partial charge >= 0.3 is 0 Å². The van der Waals surface area contributed by atoms with E-state index in [2.05, 4.69) is 36.6 Å². The van der Waals surface area contributed by atoms with Gasteiger partial charge in [0.05, 0.1) is 16.3 Å². The predicted octanol–water partition coefficient (Wildman–Crippen LogP) is 3.19. The minimum absolute atomic E-state index is 0.187. The second-order valence-electron chi connectivity index (χ2n) is 5.87. The first kappa shape index (κ1) is 19.8. The second kappa shape index (κ2) is 7.99. The normalized spacial score (nSPS) is 10.6. The van der Waals surface area contributed by atoms with Gasteiger partial charge in [-0.3, -0.25) is 9.59 Å². The van der Waals surface area contributed by atoms with E-state index in [4.69, 9.17) is 17.3 Å². The summed E-state index contributed by atoms with van der Waals surface area (Å²) in [5.41, 5.74) is 7.71. The van der Waals surface area contributed by atoms with Crippen molar-refractivity contribution in [1.82, 2.24) is 20.1 Å². The van der Waals surface area contributed by atoms with Crippen LogP contribution in [-0.2, 0) is 0 Å². The molecule has 10 heteroatoms. The monoisotopic (exact) mass is 462 g/mol. The number of amides is 2. The molecule has 0 fully saturated rings. The van der Waals surface area contributed by atoms with Crippen LogP contribution in [0.15, 0.2) is 41.1 Å². The molecule has 0 bridgehead atoms. The van der Waals surface area contributed by atoms with Crippen LogP contribution in [0.1, 0.15) is 26.4 Å². The van der Waals surface area contributed by atoms with E-state index in [0.29, 0.717) is 32.4 Å². The van der Waals surface area contributed by atoms with E-state index in [1.165, 1.54) is 23.9 Å². The molecule has 0 aliphatic heterocycles. The molecule has 0 radical (unpaired) electrons. The zero-order valence-corrected chi connectivity index (χ0v) is 17.3. The van der Waals surface area contributed by atoms with Crippen LogP contribution in [0.25, 0.3) is 5.82 Å². The third kappa shape index (κ3) is 3.85. The Morgan fingerprint density at radius 2 is 2.00 bits per heavy atom. The number of pyridine rings is 1. The summed E-state index contributed by atoms with van der Waals surface area (Å²) >= 11 is 9.46. The van der Waals surface area contributed by atoms with Crippen LogP contribution >= 0.6 is 27.5 Å². The highest BCUT2D eigenvalue weighted by atomic mass is 79.9. The average Bonchev–Trinajstić information content (AvgIpc) is 3.05. The van der Waals surface area contributed by atoms with E-state index in [9.17, 15) is 9.59 Å². The summed E-state index contributed by atoms with van der Waals surface area (Å²) in [6, 6.07) is 8.04. The largest absolute Gasteiger partial charge is 0.399 e. The zero-order chi connectivity index (χ0) is 20.4. The van der Waals surface area contributed by atoms with Gasteiger partial charge in [0.25, 0.3) is 11.8 Å². The summed E-state index contributed by atoms with van der Waals surface area (Å²) in [5, 5.41) is 9.89. The highest BCUT2D eigenvalue weighted by Crippen LogP contribution is 2.26. The van der Waals surface area contributed by atoms with E-state index in [0.717, 1.165) is 0 Å². The van der Waals surface area contributed by atoms with E-state index in [-0.39, 0.29) is 17.2 Å². The van der Waals surface area contributed by atoms with Crippen LogP contribution in [-0.4, -0.2) is 33.6 Å². The number of nitrogen functional groups attached to an aromatic ring is 1. The number of benzene rings is 1. The summed E-state index contributed by atoms with van der Waals surface area (Å²) in [4.78, 5) is 29.4. The Morgan fingerprint density at radius 1 is 1.25 bits per heavy atom. The lowest BCUT2D eigenvalue weighted by molar-refractivity contribution is 0.0964. The smallest absolute Gasteiger partial charge is 0.274 e. The van der Waals surface area contributed by atoms with Crippen LogP contribution in [0.3, 0.4) is 0 Å². The number of nitrogens with two attached hydrogens (primary N) is 1. The van der Waals surface area contributed by atoms with Crippen LogP contribution in [0, 0.1) is 6.92 Å². The van der Waals surface area contributed by atoms with Gasteiger partial charge in [-0.05, 0) is 52.7 Å². The maximum atomic E-state index is 13.0. The van der Waals surface area contributed by atoms with Crippen LogP contribution in [0.2, 0.25) is 5.02 Å². The number of nitrogens with zero attached hydrogens (tertiary/aromatic N) is 3. The van der Waals surface area contributed by atoms with Crippen molar-refractivity contribution in [2.24, 2.45) is 0 Å². The van der Waals surface area contributed by atoms with Gasteiger partial charge in [-0.2, -0.15) is 5.10 Å². The summed E-state index contributed by atoms with van der Waals surface area (Å²) in [5.74, 6) is -0.549. The van der Waals surface area contributed by atoms with Crippen molar-refractivity contribution in [2.75, 3.05) is 18.1 Å². The number of hydrogen-bond donors (Lipinski definition) is 3. The summed E-state index contributed by atoms with van der Waals surface area (Å²) in [7, 11) is 1.50. The standard InChI is InChI=1S/C18H16BrClN6O2/c1-9-6-10(21)7-11(17(27)22-2)15(9)24-18(28)13-8-14(19)25-26(13)16-12(20)4-3-5-23-16/h3-8H,21H2,1-2H3,(H,22,27)(H,24,28). The number of rotatable bonds is 4. The molecule has 0 atom stereocenters. The van der Waals surface area contributed by atoms with Crippen molar-refractivity contribution in [3.05, 3.63) is 63.0 Å². The topological polar surface area (TPSA) is 115 Å². The minimum atomic E-state index is -0.488. The van der Waals surface area contributed by atoms with Crippen molar-refractivity contribution in [2.45, 2.75) is 6.92 Å². The van der Waals surface area contributed by atoms with Gasteiger partial charge in [0, 0.05) is 25.0 Å². The fourth-order valence-electron chi connectivity index (χ4n) is 2.68. The molecule has 4 N–H and O–H groups in total. The van der Waals surface area contributed by atoms with E-state index in [1.807, 2.05) is 0 Å². The first-order chi connectivity index (χ1) is 13.3. The number of carbonyl (C=O) groups is 2. The molecule has 0 aliphatic carbocycles. The Kier molecular flexibility index (Phi) is 5.66. The van der Waals surface area contributed by atoms with Crippen LogP contribution < -0.4 is 16.4 Å². The molecule has 0 spiro atoms. The van der Waals surface area contributed by atoms with Gasteiger partial charge in [0.2, 0.25) is 0 Å². The number of halogens is 2. The molecule has 28 heavy (non-hydrogen) atoms. The quantitative estimate of drug-likeness (QED) is 0.514. The number of aromatic nitrogens is 3. The summed E-state index contributed by atoms with van der Waals surface area (Å²) < 4.78 is 1.76. The Morgan fingerprint density at radius 3 is 2.68 bits per heavy atom. The minimum Gasteiger partial charge on any atom is -0.399 e. The molecular formula is C18H16BrClN6O2. The maximum Gasteiger partial charge on any atom is 0.274 e. The molecule has 0 saturated carbocycles. The lowest BCUT2D eigenvalue weighted by atomic mass is 10.1. The molecule has 0 aliphatic rings. The number of anilines is 2. The number of carbonyl (C=O) groups excluding carboxylic acids is 2. The second-order valence-corrected chi connectivity index (χ2v) is 7.09. The molecule has 2 aromatic heterocycles. The Hall–Kier alpha value is -2.91. The number of nitrogens with one attached hydrogen (secondary N) is 2. The van der Waals surface area contributed by atoms with Gasteiger partial charge in [0.15, 0.2) is 5.82 Å². The highest BCUT2D eigenvalue weighted by Gasteiger charge is 2.22. The SMILES string of the molecule is CNC(=O)c1cc(N)cc(C)c1NC(=O)c1cc(Br)nn1-c1ncccc1Cl. The molecule has 2 heterocycles. The highest BCUT2D eigenvalue weighted by molar-refractivity contribution is 9.10. The average molecular weight is 464 g/mol. The molecule has 8 nitrogen and oxygen atoms in total. The molecule has 0 saturated heterocycles. The van der Waals surface area contributed by atoms with Crippen molar-refractivity contribution >= 4 is 50.7 Å². The predicted molar refractivity (Wildman–Crippen MR) is 111 cm³/mol. The van der Waals surface area contributed by atoms with Crippen molar-refractivity contribution in [3.63, 3.8) is 0 Å². The van der Waals surface area contributed by atoms with Crippen molar-refractivity contribution in [1.29, 1.82) is 0 Å². The molecule has 3 aromatic rings. The first-order valence-corrected chi connectivity index (χ1v) is 9.29. The zero-order valence-electron chi connectivity index (χ0n) is 15.0. The van der Waals surface area contributed by atoms with Gasteiger partial charge in [-0.1, -0.05) is 11.6 Å². The molecule has 3 rings (SSSR count). The lowest BCUT2D eigenvalue weighted by Gasteiger charge is -2.15. The van der Waals surface area contributed by atoms with Gasteiger partial charge < -0.3 is 16.4 Å². The fraction of sp³-hybridized carbons (Fsp3) is 0.111. The molecule has 0 unspecified atom stereocenters. The Bertz CT molecular complexity index is 1080. The lowest BCUT2D eigenvalue weighted by Crippen LogP contribution is -2.24. The van der Waals surface area contributed by atoms with Gasteiger partial charge in [-0.15, -0.1) is 0 Å². The summed E-state index contributed by atoms with van der Waals surface area (Å²) in [6.07, 6.45) is 1.55. The van der Waals surface area contributed by atoms with Gasteiger partial charge in [-0.25, -0.2) is 9.67 Å². The third-order valence-electron chi connectivity index (χ3n) is 3.92. The number of aryl methyl sites for hydroxylation is 1.